The molecule has 0 aliphatic rings. The molecule has 0 radical (unpaired) electrons. The first-order valence-corrected chi connectivity index (χ1v) is 4.71. The van der Waals surface area contributed by atoms with Crippen LogP contribution in [0.5, 0.6) is 5.75 Å². The Labute approximate surface area is 89.1 Å². The number of amides is 1. The molecule has 1 rings (SSSR count). The summed E-state index contributed by atoms with van der Waals surface area (Å²) in [5, 5.41) is 12.2. The summed E-state index contributed by atoms with van der Waals surface area (Å²) >= 11 is 0. The van der Waals surface area contributed by atoms with Gasteiger partial charge in [0.1, 0.15) is 5.75 Å². The Kier molecular flexibility index (Phi) is 3.00. The minimum Gasteiger partial charge on any atom is -0.506 e. The van der Waals surface area contributed by atoms with Crippen LogP contribution in [0.15, 0.2) is 18.2 Å². The van der Waals surface area contributed by atoms with E-state index in [-0.39, 0.29) is 11.7 Å². The highest BCUT2D eigenvalue weighted by Gasteiger charge is 2.20. The molecule has 1 aromatic rings. The summed E-state index contributed by atoms with van der Waals surface area (Å²) in [7, 11) is 0. The number of hydrogen-bond acceptors (Lipinski definition) is 3. The quantitative estimate of drug-likeness (QED) is 0.645. The molecule has 1 amide bonds. The number of nitrogens with one attached hydrogen (secondary N) is 1. The zero-order chi connectivity index (χ0) is 11.6. The van der Waals surface area contributed by atoms with Gasteiger partial charge in [-0.05, 0) is 25.5 Å². The van der Waals surface area contributed by atoms with Crippen LogP contribution >= 0.6 is 0 Å². The molecule has 0 fully saturated rings. The number of para-hydroxylation sites is 1. The van der Waals surface area contributed by atoms with Crippen LogP contribution in [-0.4, -0.2) is 11.0 Å². The molecule has 0 aromatic heterocycles. The van der Waals surface area contributed by atoms with Crippen LogP contribution in [0.3, 0.4) is 0 Å². The van der Waals surface area contributed by atoms with Crippen LogP contribution in [-0.2, 0) is 10.3 Å². The van der Waals surface area contributed by atoms with E-state index in [4.69, 9.17) is 5.73 Å². The summed E-state index contributed by atoms with van der Waals surface area (Å²) in [5.41, 5.74) is 6.42. The average molecular weight is 208 g/mol. The van der Waals surface area contributed by atoms with Gasteiger partial charge in [0, 0.05) is 12.5 Å². The first kappa shape index (κ1) is 11.5. The van der Waals surface area contributed by atoms with Gasteiger partial charge in [-0.3, -0.25) is 4.79 Å². The van der Waals surface area contributed by atoms with Crippen molar-refractivity contribution in [1.82, 2.24) is 0 Å². The minimum atomic E-state index is -0.615. The fourth-order valence-electron chi connectivity index (χ4n) is 1.38. The maximum Gasteiger partial charge on any atom is 0.221 e. The molecule has 4 N–H and O–H groups in total. The summed E-state index contributed by atoms with van der Waals surface area (Å²) in [5.74, 6) is -0.205. The monoisotopic (exact) mass is 208 g/mol. The molecule has 4 nitrogen and oxygen atoms in total. The Hall–Kier alpha value is -1.55. The number of anilines is 1. The standard InChI is InChI=1S/C11H16N2O2/c1-7(14)13-10-8(11(2,3)12)5-4-6-9(10)15/h4-6,15H,12H2,1-3H3,(H,13,14). The normalized spacial score (nSPS) is 11.2. The summed E-state index contributed by atoms with van der Waals surface area (Å²) < 4.78 is 0. The fraction of sp³-hybridized carbons (Fsp3) is 0.364. The van der Waals surface area contributed by atoms with Gasteiger partial charge in [-0.2, -0.15) is 0 Å². The molecule has 4 heteroatoms. The highest BCUT2D eigenvalue weighted by atomic mass is 16.3. The Balaban J connectivity index is 3.26. The van der Waals surface area contributed by atoms with Gasteiger partial charge in [-0.15, -0.1) is 0 Å². The van der Waals surface area contributed by atoms with Crippen molar-refractivity contribution in [2.75, 3.05) is 5.32 Å². The van der Waals surface area contributed by atoms with Crippen molar-refractivity contribution in [3.63, 3.8) is 0 Å². The van der Waals surface area contributed by atoms with Crippen LogP contribution in [0.4, 0.5) is 5.69 Å². The lowest BCUT2D eigenvalue weighted by Crippen LogP contribution is -2.30. The van der Waals surface area contributed by atoms with Crippen molar-refractivity contribution in [3.05, 3.63) is 23.8 Å². The van der Waals surface area contributed by atoms with E-state index in [1.165, 1.54) is 13.0 Å². The van der Waals surface area contributed by atoms with Crippen molar-refractivity contribution >= 4 is 11.6 Å². The Bertz CT molecular complexity index is 381. The van der Waals surface area contributed by atoms with E-state index in [1.54, 1.807) is 12.1 Å². The highest BCUT2D eigenvalue weighted by molar-refractivity contribution is 5.91. The summed E-state index contributed by atoms with van der Waals surface area (Å²) in [6.45, 7) is 5.01. The van der Waals surface area contributed by atoms with Crippen molar-refractivity contribution in [1.29, 1.82) is 0 Å². The van der Waals surface area contributed by atoms with E-state index < -0.39 is 5.54 Å². The minimum absolute atomic E-state index is 0.0289. The van der Waals surface area contributed by atoms with Crippen molar-refractivity contribution in [2.24, 2.45) is 5.73 Å². The SMILES string of the molecule is CC(=O)Nc1c(O)cccc1C(C)(C)N. The second-order valence-electron chi connectivity index (χ2n) is 4.10. The van der Waals surface area contributed by atoms with Gasteiger partial charge in [0.15, 0.2) is 0 Å². The smallest absolute Gasteiger partial charge is 0.221 e. The number of phenolic OH excluding ortho intramolecular Hbond substituents is 1. The first-order valence-electron chi connectivity index (χ1n) is 4.71. The van der Waals surface area contributed by atoms with Crippen LogP contribution in [0.1, 0.15) is 26.3 Å². The molecule has 0 heterocycles. The summed E-state index contributed by atoms with van der Waals surface area (Å²) in [4.78, 5) is 11.0. The lowest BCUT2D eigenvalue weighted by Gasteiger charge is -2.23. The molecule has 0 spiro atoms. The lowest BCUT2D eigenvalue weighted by atomic mass is 9.93. The third-order valence-electron chi connectivity index (χ3n) is 2.04. The number of carbonyl (C=O) groups is 1. The second kappa shape index (κ2) is 3.90. The molecule has 0 bridgehead atoms. The Morgan fingerprint density at radius 3 is 2.53 bits per heavy atom. The van der Waals surface area contributed by atoms with Gasteiger partial charge in [0.05, 0.1) is 5.69 Å². The van der Waals surface area contributed by atoms with Gasteiger partial charge in [-0.1, -0.05) is 12.1 Å². The van der Waals surface area contributed by atoms with E-state index in [1.807, 2.05) is 13.8 Å². The van der Waals surface area contributed by atoms with Gasteiger partial charge in [0.2, 0.25) is 5.91 Å². The van der Waals surface area contributed by atoms with Gasteiger partial charge in [-0.25, -0.2) is 0 Å². The molecule has 0 aliphatic carbocycles. The van der Waals surface area contributed by atoms with E-state index in [9.17, 15) is 9.90 Å². The molecule has 0 unspecified atom stereocenters. The Morgan fingerprint density at radius 2 is 2.07 bits per heavy atom. The number of phenols is 1. The molecule has 82 valence electrons. The van der Waals surface area contributed by atoms with Crippen molar-refractivity contribution < 1.29 is 9.90 Å². The van der Waals surface area contributed by atoms with Crippen molar-refractivity contribution in [3.8, 4) is 5.75 Å². The van der Waals surface area contributed by atoms with Crippen LogP contribution < -0.4 is 11.1 Å². The number of hydrogen-bond donors (Lipinski definition) is 3. The third kappa shape index (κ3) is 2.70. The van der Waals surface area contributed by atoms with Crippen molar-refractivity contribution in [2.45, 2.75) is 26.3 Å². The maximum absolute atomic E-state index is 11.0. The zero-order valence-corrected chi connectivity index (χ0v) is 9.16. The summed E-state index contributed by atoms with van der Waals surface area (Å²) in [6, 6.07) is 5.00. The second-order valence-corrected chi connectivity index (χ2v) is 4.10. The number of carbonyl (C=O) groups excluding carboxylic acids is 1. The molecule has 1 aromatic carbocycles. The molecule has 0 atom stereocenters. The van der Waals surface area contributed by atoms with Gasteiger partial charge in [0.25, 0.3) is 0 Å². The third-order valence-corrected chi connectivity index (χ3v) is 2.04. The molecule has 15 heavy (non-hydrogen) atoms. The number of aromatic hydroxyl groups is 1. The zero-order valence-electron chi connectivity index (χ0n) is 9.16. The van der Waals surface area contributed by atoms with E-state index in [2.05, 4.69) is 5.32 Å². The topological polar surface area (TPSA) is 75.3 Å². The largest absolute Gasteiger partial charge is 0.506 e. The Morgan fingerprint density at radius 1 is 1.47 bits per heavy atom. The average Bonchev–Trinajstić information content (AvgIpc) is 2.05. The van der Waals surface area contributed by atoms with Crippen LogP contribution in [0.2, 0.25) is 0 Å². The number of rotatable bonds is 2. The van der Waals surface area contributed by atoms with Gasteiger partial charge >= 0.3 is 0 Å². The van der Waals surface area contributed by atoms with E-state index in [0.29, 0.717) is 11.3 Å². The molecular weight excluding hydrogens is 192 g/mol. The van der Waals surface area contributed by atoms with Gasteiger partial charge < -0.3 is 16.2 Å². The molecular formula is C11H16N2O2. The van der Waals surface area contributed by atoms with E-state index in [0.717, 1.165) is 0 Å². The highest BCUT2D eigenvalue weighted by Crippen LogP contribution is 2.33. The first-order chi connectivity index (χ1) is 6.82. The molecule has 0 saturated heterocycles. The summed E-state index contributed by atoms with van der Waals surface area (Å²) in [6.07, 6.45) is 0. The lowest BCUT2D eigenvalue weighted by molar-refractivity contribution is -0.114. The number of benzene rings is 1. The van der Waals surface area contributed by atoms with Crippen LogP contribution in [0, 0.1) is 0 Å². The number of nitrogens with two attached hydrogens (primary N) is 1. The molecule has 0 aliphatic heterocycles. The predicted octanol–water partition coefficient (Wildman–Crippen LogP) is 1.54. The predicted molar refractivity (Wildman–Crippen MR) is 59.6 cm³/mol. The van der Waals surface area contributed by atoms with E-state index >= 15 is 0 Å². The fourth-order valence-corrected chi connectivity index (χ4v) is 1.38. The maximum atomic E-state index is 11.0. The molecule has 0 saturated carbocycles. The van der Waals surface area contributed by atoms with Crippen LogP contribution in [0.25, 0.3) is 0 Å².